The zero-order valence-corrected chi connectivity index (χ0v) is 17.6. The van der Waals surface area contributed by atoms with Gasteiger partial charge in [-0.1, -0.05) is 16.6 Å². The molecular weight excluding hydrogens is 412 g/mol. The second-order valence-corrected chi connectivity index (χ2v) is 7.53. The van der Waals surface area contributed by atoms with Crippen LogP contribution in [0.5, 0.6) is 5.75 Å². The number of urea groups is 1. The lowest BCUT2D eigenvalue weighted by Gasteiger charge is -2.32. The first kappa shape index (κ1) is 19.9. The number of nitrogens with zero attached hydrogens (tertiary/aromatic N) is 5. The first-order valence-electron chi connectivity index (χ1n) is 9.10. The highest BCUT2D eigenvalue weighted by molar-refractivity contribution is 6.30. The van der Waals surface area contributed by atoms with Crippen LogP contribution in [-0.2, 0) is 9.59 Å². The smallest absolute Gasteiger partial charge is 0.407 e. The molecule has 0 radical (unpaired) electrons. The number of imidazole rings is 1. The molecule has 4 rings (SSSR count). The van der Waals surface area contributed by atoms with Gasteiger partial charge < -0.3 is 10.5 Å². The van der Waals surface area contributed by atoms with E-state index in [0.29, 0.717) is 22.4 Å². The maximum Gasteiger partial charge on any atom is 0.407 e. The van der Waals surface area contributed by atoms with Gasteiger partial charge in [-0.2, -0.15) is 4.57 Å². The average Bonchev–Trinajstić information content (AvgIpc) is 3.19. The maximum atomic E-state index is 13.2. The topological polar surface area (TPSA) is 114 Å². The van der Waals surface area contributed by atoms with E-state index < -0.39 is 30.4 Å². The summed E-state index contributed by atoms with van der Waals surface area (Å²) in [6, 6.07) is 3.67. The van der Waals surface area contributed by atoms with E-state index in [9.17, 15) is 14.4 Å². The fourth-order valence-electron chi connectivity index (χ4n) is 3.86. The number of aliphatic imine (C=N–C) groups is 1. The standard InChI is InChI=1S/C19H19ClN6O4/c1-9-10(2)26-15-16(23(3)19(29)24(17(15)28)8-14(21)27)22-18(26)25(9)12-7-11(20)5-6-13(12)30-4/h5-7,15H,8H2,1-4H3,(H-,21,27)/p+1. The van der Waals surface area contributed by atoms with Gasteiger partial charge in [-0.3, -0.25) is 19.4 Å². The summed E-state index contributed by atoms with van der Waals surface area (Å²) in [5.74, 6) is -0.0410. The minimum Gasteiger partial charge on any atom is -0.493 e. The van der Waals surface area contributed by atoms with Gasteiger partial charge in [0.2, 0.25) is 17.8 Å². The largest absolute Gasteiger partial charge is 0.493 e. The minimum absolute atomic E-state index is 0.276. The summed E-state index contributed by atoms with van der Waals surface area (Å²) < 4.78 is 9.06. The van der Waals surface area contributed by atoms with E-state index in [0.717, 1.165) is 16.3 Å². The molecule has 1 aromatic carbocycles. The van der Waals surface area contributed by atoms with Crippen molar-refractivity contribution in [1.82, 2.24) is 14.4 Å². The number of ether oxygens (including phenoxy) is 1. The highest BCUT2D eigenvalue weighted by atomic mass is 35.5. The molecule has 0 spiro atoms. The van der Waals surface area contributed by atoms with Crippen LogP contribution in [0.2, 0.25) is 5.02 Å². The number of methoxy groups -OCH3 is 1. The van der Waals surface area contributed by atoms with Crippen molar-refractivity contribution in [3.8, 4) is 11.4 Å². The Morgan fingerprint density at radius 3 is 2.67 bits per heavy atom. The van der Waals surface area contributed by atoms with Gasteiger partial charge in [0.15, 0.2) is 11.4 Å². The van der Waals surface area contributed by atoms with Crippen LogP contribution in [0.15, 0.2) is 23.2 Å². The highest BCUT2D eigenvalue weighted by Crippen LogP contribution is 2.36. The van der Waals surface area contributed by atoms with Gasteiger partial charge in [0.25, 0.3) is 5.91 Å². The predicted octanol–water partition coefficient (Wildman–Crippen LogP) is 1.01. The highest BCUT2D eigenvalue weighted by Gasteiger charge is 2.54. The van der Waals surface area contributed by atoms with Crippen LogP contribution in [0.3, 0.4) is 0 Å². The van der Waals surface area contributed by atoms with E-state index in [4.69, 9.17) is 22.1 Å². The molecule has 2 aliphatic rings. The fraction of sp³-hybridized carbons (Fsp3) is 0.316. The number of carbonyl (C=O) groups excluding carboxylic acids is 3. The summed E-state index contributed by atoms with van der Waals surface area (Å²) in [7, 11) is 3.06. The quantitative estimate of drug-likeness (QED) is 0.727. The van der Waals surface area contributed by atoms with Crippen LogP contribution in [-0.4, -0.2) is 58.8 Å². The molecule has 30 heavy (non-hydrogen) atoms. The van der Waals surface area contributed by atoms with E-state index in [1.807, 2.05) is 18.4 Å². The summed E-state index contributed by atoms with van der Waals surface area (Å²) in [6.45, 7) is 3.25. The molecule has 2 aliphatic heterocycles. The zero-order chi connectivity index (χ0) is 21.9. The third-order valence-corrected chi connectivity index (χ3v) is 5.65. The molecule has 2 N–H and O–H groups in total. The van der Waals surface area contributed by atoms with E-state index in [1.165, 1.54) is 11.9 Å². The Kier molecular flexibility index (Phi) is 4.53. The third-order valence-electron chi connectivity index (χ3n) is 5.41. The van der Waals surface area contributed by atoms with Gasteiger partial charge in [-0.05, 0) is 26.0 Å². The Balaban J connectivity index is 1.94. The normalized spacial score (nSPS) is 17.8. The van der Waals surface area contributed by atoms with Crippen LogP contribution in [0.1, 0.15) is 17.4 Å². The van der Waals surface area contributed by atoms with Crippen molar-refractivity contribution in [2.75, 3.05) is 20.7 Å². The maximum absolute atomic E-state index is 13.2. The van der Waals surface area contributed by atoms with E-state index in [-0.39, 0.29) is 5.84 Å². The Morgan fingerprint density at radius 2 is 2.03 bits per heavy atom. The lowest BCUT2D eigenvalue weighted by atomic mass is 10.1. The fourth-order valence-corrected chi connectivity index (χ4v) is 4.03. The predicted molar refractivity (Wildman–Crippen MR) is 107 cm³/mol. The third kappa shape index (κ3) is 2.67. The summed E-state index contributed by atoms with van der Waals surface area (Å²) in [6.07, 6.45) is 0. The van der Waals surface area contributed by atoms with Crippen LogP contribution in [0, 0.1) is 13.8 Å². The second-order valence-electron chi connectivity index (χ2n) is 7.10. The number of aromatic nitrogens is 2. The molecule has 1 saturated heterocycles. The number of hydrogen-bond acceptors (Lipinski definition) is 5. The number of hydrogen-bond donors (Lipinski definition) is 1. The number of halogens is 1. The first-order valence-corrected chi connectivity index (χ1v) is 9.48. The molecule has 1 atom stereocenters. The second kappa shape index (κ2) is 6.84. The molecule has 1 fully saturated rings. The van der Waals surface area contributed by atoms with Crippen molar-refractivity contribution in [3.63, 3.8) is 0 Å². The number of likely N-dealkylation sites (N-methyl/N-ethyl adjacent to an activating group) is 1. The Morgan fingerprint density at radius 1 is 1.33 bits per heavy atom. The van der Waals surface area contributed by atoms with Crippen molar-refractivity contribution in [1.29, 1.82) is 0 Å². The van der Waals surface area contributed by atoms with E-state index in [1.54, 1.807) is 29.9 Å². The molecule has 4 amide bonds. The van der Waals surface area contributed by atoms with Crippen LogP contribution < -0.4 is 15.0 Å². The first-order chi connectivity index (χ1) is 14.2. The molecule has 10 nitrogen and oxygen atoms in total. The van der Waals surface area contributed by atoms with Crippen LogP contribution >= 0.6 is 11.6 Å². The van der Waals surface area contributed by atoms with Crippen LogP contribution in [0.4, 0.5) is 10.7 Å². The summed E-state index contributed by atoms with van der Waals surface area (Å²) in [5, 5.41) is 0.509. The van der Waals surface area contributed by atoms with Crippen molar-refractivity contribution in [2.45, 2.75) is 19.9 Å². The number of rotatable bonds is 4. The SMILES string of the molecule is COc1ccc(Cl)cc1-n1c(C)c(C)[n+]2c1N=C1C2C(=O)N(CC(N)=O)C(=O)N1C. The number of primary amides is 1. The average molecular weight is 432 g/mol. The molecule has 1 aromatic heterocycles. The van der Waals surface area contributed by atoms with Crippen molar-refractivity contribution >= 4 is 41.2 Å². The molecule has 11 heteroatoms. The molecular formula is C19H20ClN6O4+. The Hall–Kier alpha value is -3.40. The molecule has 156 valence electrons. The Labute approximate surface area is 177 Å². The number of imide groups is 1. The lowest BCUT2D eigenvalue weighted by Crippen LogP contribution is -2.64. The van der Waals surface area contributed by atoms with Gasteiger partial charge in [0, 0.05) is 18.1 Å². The van der Waals surface area contributed by atoms with E-state index >= 15 is 0 Å². The Bertz CT molecular complexity index is 1150. The van der Waals surface area contributed by atoms with E-state index in [2.05, 4.69) is 4.99 Å². The summed E-state index contributed by atoms with van der Waals surface area (Å²) in [5.41, 5.74) is 7.48. The van der Waals surface area contributed by atoms with Crippen LogP contribution in [0.25, 0.3) is 5.69 Å². The number of amides is 4. The minimum atomic E-state index is -0.882. The molecule has 0 bridgehead atoms. The zero-order valence-electron chi connectivity index (χ0n) is 16.8. The number of amidine groups is 1. The summed E-state index contributed by atoms with van der Waals surface area (Å²) >= 11 is 6.22. The molecule has 2 aromatic rings. The monoisotopic (exact) mass is 431 g/mol. The van der Waals surface area contributed by atoms with Gasteiger partial charge in [-0.15, -0.1) is 0 Å². The molecule has 0 saturated carbocycles. The molecule has 0 aliphatic carbocycles. The van der Waals surface area contributed by atoms with Crippen molar-refractivity contribution in [2.24, 2.45) is 10.7 Å². The molecule has 3 heterocycles. The van der Waals surface area contributed by atoms with Crippen molar-refractivity contribution in [3.05, 3.63) is 34.6 Å². The number of nitrogens with two attached hydrogens (primary N) is 1. The number of fused-ring (bicyclic) bond motifs is 3. The van der Waals surface area contributed by atoms with Gasteiger partial charge in [0.1, 0.15) is 17.9 Å². The summed E-state index contributed by atoms with van der Waals surface area (Å²) in [4.78, 5) is 43.9. The van der Waals surface area contributed by atoms with Crippen molar-refractivity contribution < 1.29 is 23.7 Å². The number of carbonyl (C=O) groups is 3. The number of benzene rings is 1. The van der Waals surface area contributed by atoms with Gasteiger partial charge in [-0.25, -0.2) is 9.36 Å². The van der Waals surface area contributed by atoms with Gasteiger partial charge in [0.05, 0.1) is 7.11 Å². The lowest BCUT2D eigenvalue weighted by molar-refractivity contribution is -0.682. The molecule has 1 unspecified atom stereocenters. The van der Waals surface area contributed by atoms with Gasteiger partial charge >= 0.3 is 12.0 Å².